The molecule has 0 spiro atoms. The number of hydrogen-bond donors (Lipinski definition) is 3. The lowest BCUT2D eigenvalue weighted by Gasteiger charge is -2.13. The van der Waals surface area contributed by atoms with Gasteiger partial charge in [0.1, 0.15) is 6.04 Å². The van der Waals surface area contributed by atoms with E-state index in [9.17, 15) is 24.5 Å². The van der Waals surface area contributed by atoms with E-state index in [1.807, 2.05) is 0 Å². The Balaban J connectivity index is 2.95. The standard InChI is InChI=1S/C12H12N2O7/c1-6-4-7(14(20)21)2-3-8(6)11(17)13-9(12(18)19)5-10(15)16/h2-4,9H,5H2,1H3,(H,13,17)(H,15,16)(H,18,19). The van der Waals surface area contributed by atoms with Crippen LogP contribution in [0.4, 0.5) is 5.69 Å². The zero-order valence-corrected chi connectivity index (χ0v) is 10.9. The molecule has 0 saturated heterocycles. The lowest BCUT2D eigenvalue weighted by atomic mass is 10.1. The average Bonchev–Trinajstić information content (AvgIpc) is 2.36. The quantitative estimate of drug-likeness (QED) is 0.513. The van der Waals surface area contributed by atoms with Crippen molar-refractivity contribution in [3.8, 4) is 0 Å². The van der Waals surface area contributed by atoms with Gasteiger partial charge < -0.3 is 15.5 Å². The number of non-ortho nitro benzene ring substituents is 1. The molecule has 3 N–H and O–H groups in total. The Kier molecular flexibility index (Phi) is 4.95. The molecule has 0 fully saturated rings. The van der Waals surface area contributed by atoms with Crippen LogP contribution in [0.15, 0.2) is 18.2 Å². The third-order valence-corrected chi connectivity index (χ3v) is 2.65. The highest BCUT2D eigenvalue weighted by atomic mass is 16.6. The van der Waals surface area contributed by atoms with Crippen LogP contribution in [0, 0.1) is 17.0 Å². The van der Waals surface area contributed by atoms with E-state index in [1.165, 1.54) is 19.1 Å². The number of carboxylic acid groups (broad SMARTS) is 2. The molecular formula is C12H12N2O7. The number of aliphatic carboxylic acids is 2. The van der Waals surface area contributed by atoms with E-state index in [0.717, 1.165) is 6.07 Å². The van der Waals surface area contributed by atoms with Gasteiger partial charge in [0.05, 0.1) is 11.3 Å². The van der Waals surface area contributed by atoms with Gasteiger partial charge in [0.2, 0.25) is 0 Å². The fraction of sp³-hybridized carbons (Fsp3) is 0.250. The number of carbonyl (C=O) groups excluding carboxylic acids is 1. The van der Waals surface area contributed by atoms with Crippen molar-refractivity contribution in [3.05, 3.63) is 39.4 Å². The van der Waals surface area contributed by atoms with Gasteiger partial charge >= 0.3 is 11.9 Å². The topological polar surface area (TPSA) is 147 Å². The van der Waals surface area contributed by atoms with Crippen molar-refractivity contribution in [2.24, 2.45) is 0 Å². The van der Waals surface area contributed by atoms with Crippen LogP contribution >= 0.6 is 0 Å². The molecule has 9 nitrogen and oxygen atoms in total. The van der Waals surface area contributed by atoms with Gasteiger partial charge in [-0.1, -0.05) is 0 Å². The third kappa shape index (κ3) is 4.27. The molecule has 0 aliphatic heterocycles. The van der Waals surface area contributed by atoms with E-state index in [-0.39, 0.29) is 16.8 Å². The van der Waals surface area contributed by atoms with Gasteiger partial charge in [0, 0.05) is 17.7 Å². The first-order chi connectivity index (χ1) is 9.72. The molecule has 1 rings (SSSR count). The maximum atomic E-state index is 11.9. The van der Waals surface area contributed by atoms with E-state index in [2.05, 4.69) is 5.32 Å². The fourth-order valence-corrected chi connectivity index (χ4v) is 1.63. The highest BCUT2D eigenvalue weighted by Gasteiger charge is 2.24. The second-order valence-corrected chi connectivity index (χ2v) is 4.22. The number of rotatable bonds is 6. The van der Waals surface area contributed by atoms with Crippen LogP contribution in [-0.2, 0) is 9.59 Å². The average molecular weight is 296 g/mol. The minimum absolute atomic E-state index is 0.0391. The van der Waals surface area contributed by atoms with Gasteiger partial charge in [0.25, 0.3) is 11.6 Å². The molecule has 112 valence electrons. The maximum absolute atomic E-state index is 11.9. The van der Waals surface area contributed by atoms with Crippen LogP contribution in [0.5, 0.6) is 0 Å². The summed E-state index contributed by atoms with van der Waals surface area (Å²) in [6.45, 7) is 1.45. The number of carboxylic acids is 2. The van der Waals surface area contributed by atoms with Crippen LogP contribution in [0.2, 0.25) is 0 Å². The Bertz CT molecular complexity index is 612. The smallest absolute Gasteiger partial charge is 0.326 e. The van der Waals surface area contributed by atoms with Crippen LogP contribution in [0.3, 0.4) is 0 Å². The Morgan fingerprint density at radius 1 is 1.33 bits per heavy atom. The minimum atomic E-state index is -1.58. The Hall–Kier alpha value is -2.97. The number of nitro benzene ring substituents is 1. The molecule has 0 aliphatic rings. The van der Waals surface area contributed by atoms with E-state index >= 15 is 0 Å². The molecule has 1 unspecified atom stereocenters. The first-order valence-electron chi connectivity index (χ1n) is 5.73. The lowest BCUT2D eigenvalue weighted by Crippen LogP contribution is -2.42. The lowest BCUT2D eigenvalue weighted by molar-refractivity contribution is -0.384. The molecule has 1 aromatic rings. The summed E-state index contributed by atoms with van der Waals surface area (Å²) in [6, 6.07) is 1.88. The molecule has 1 amide bonds. The summed E-state index contributed by atoms with van der Waals surface area (Å²) >= 11 is 0. The minimum Gasteiger partial charge on any atom is -0.481 e. The predicted molar refractivity (Wildman–Crippen MR) is 69.0 cm³/mol. The summed E-state index contributed by atoms with van der Waals surface area (Å²) in [4.78, 5) is 43.3. The highest BCUT2D eigenvalue weighted by Crippen LogP contribution is 2.17. The fourth-order valence-electron chi connectivity index (χ4n) is 1.63. The molecule has 1 atom stereocenters. The van der Waals surface area contributed by atoms with Crippen molar-refractivity contribution in [2.45, 2.75) is 19.4 Å². The summed E-state index contributed by atoms with van der Waals surface area (Å²) in [5.41, 5.74) is 0.114. The molecule has 0 bridgehead atoms. The summed E-state index contributed by atoms with van der Waals surface area (Å²) < 4.78 is 0. The summed E-state index contributed by atoms with van der Waals surface area (Å²) in [7, 11) is 0. The number of amides is 1. The Morgan fingerprint density at radius 3 is 2.38 bits per heavy atom. The first-order valence-corrected chi connectivity index (χ1v) is 5.73. The van der Waals surface area contributed by atoms with E-state index in [4.69, 9.17) is 10.2 Å². The van der Waals surface area contributed by atoms with Crippen molar-refractivity contribution in [3.63, 3.8) is 0 Å². The second kappa shape index (κ2) is 6.46. The number of nitrogens with one attached hydrogen (secondary N) is 1. The van der Waals surface area contributed by atoms with Crippen LogP contribution in [-0.4, -0.2) is 39.0 Å². The zero-order valence-electron chi connectivity index (χ0n) is 10.9. The highest BCUT2D eigenvalue weighted by molar-refractivity contribution is 5.98. The van der Waals surface area contributed by atoms with Gasteiger partial charge in [-0.2, -0.15) is 0 Å². The number of aryl methyl sites for hydroxylation is 1. The van der Waals surface area contributed by atoms with Gasteiger partial charge in [0.15, 0.2) is 0 Å². The zero-order chi connectivity index (χ0) is 16.2. The van der Waals surface area contributed by atoms with Crippen LogP contribution < -0.4 is 5.32 Å². The van der Waals surface area contributed by atoms with Crippen LogP contribution in [0.1, 0.15) is 22.3 Å². The number of hydrogen-bond acceptors (Lipinski definition) is 5. The van der Waals surface area contributed by atoms with Gasteiger partial charge in [-0.05, 0) is 18.6 Å². The number of nitro groups is 1. The number of benzene rings is 1. The molecule has 0 aromatic heterocycles. The number of nitrogens with zero attached hydrogens (tertiary/aromatic N) is 1. The van der Waals surface area contributed by atoms with E-state index in [0.29, 0.717) is 0 Å². The summed E-state index contributed by atoms with van der Waals surface area (Å²) in [5.74, 6) is -3.66. The normalized spacial score (nSPS) is 11.5. The first kappa shape index (κ1) is 16.1. The van der Waals surface area contributed by atoms with Crippen molar-refractivity contribution >= 4 is 23.5 Å². The van der Waals surface area contributed by atoms with Crippen molar-refractivity contribution < 1.29 is 29.5 Å². The predicted octanol–water partition coefficient (Wildman–Crippen LogP) is 0.561. The largest absolute Gasteiger partial charge is 0.481 e. The molecule has 0 aliphatic carbocycles. The van der Waals surface area contributed by atoms with Crippen molar-refractivity contribution in [1.29, 1.82) is 0 Å². The molecule has 1 aromatic carbocycles. The third-order valence-electron chi connectivity index (χ3n) is 2.65. The van der Waals surface area contributed by atoms with Crippen LogP contribution in [0.25, 0.3) is 0 Å². The van der Waals surface area contributed by atoms with Gasteiger partial charge in [-0.3, -0.25) is 19.7 Å². The molecule has 9 heteroatoms. The SMILES string of the molecule is Cc1cc([N+](=O)[O-])ccc1C(=O)NC(CC(=O)O)C(=O)O. The Morgan fingerprint density at radius 2 is 1.95 bits per heavy atom. The molecule has 0 radical (unpaired) electrons. The molecule has 0 saturated carbocycles. The number of carbonyl (C=O) groups is 3. The van der Waals surface area contributed by atoms with Crippen molar-refractivity contribution in [2.75, 3.05) is 0 Å². The molecule has 21 heavy (non-hydrogen) atoms. The van der Waals surface area contributed by atoms with Gasteiger partial charge in [-0.25, -0.2) is 4.79 Å². The molecule has 0 heterocycles. The Labute approximate surface area is 118 Å². The van der Waals surface area contributed by atoms with Gasteiger partial charge in [-0.15, -0.1) is 0 Å². The second-order valence-electron chi connectivity index (χ2n) is 4.22. The van der Waals surface area contributed by atoms with Crippen molar-refractivity contribution in [1.82, 2.24) is 5.32 Å². The maximum Gasteiger partial charge on any atom is 0.326 e. The van der Waals surface area contributed by atoms with E-state index < -0.39 is 35.2 Å². The summed E-state index contributed by atoms with van der Waals surface area (Å²) in [6.07, 6.45) is -0.771. The summed E-state index contributed by atoms with van der Waals surface area (Å²) in [5, 5.41) is 30.1. The molecular weight excluding hydrogens is 284 g/mol. The monoisotopic (exact) mass is 296 g/mol. The van der Waals surface area contributed by atoms with E-state index in [1.54, 1.807) is 0 Å².